The molecule has 2 fully saturated rings. The summed E-state index contributed by atoms with van der Waals surface area (Å²) in [5, 5.41) is 7.55. The average molecular weight is 812 g/mol. The lowest BCUT2D eigenvalue weighted by Crippen LogP contribution is -2.47. The molecule has 5 aromatic rings. The molecule has 0 radical (unpaired) electrons. The lowest BCUT2D eigenvalue weighted by atomic mass is 9.98. The number of ketones is 2. The summed E-state index contributed by atoms with van der Waals surface area (Å²) in [7, 11) is 1.25. The predicted octanol–water partition coefficient (Wildman–Crippen LogP) is 6.77. The van der Waals surface area contributed by atoms with Crippen molar-refractivity contribution >= 4 is 57.2 Å². The largest absolute Gasteiger partial charge is 0.453 e. The van der Waals surface area contributed by atoms with Crippen LogP contribution in [0.3, 0.4) is 0 Å². The molecule has 4 amide bonds. The lowest BCUT2D eigenvalue weighted by molar-refractivity contribution is -0.140. The maximum absolute atomic E-state index is 14.0. The second-order valence-electron chi connectivity index (χ2n) is 15.9. The molecule has 3 heterocycles. The van der Waals surface area contributed by atoms with Gasteiger partial charge in [0.2, 0.25) is 11.8 Å². The molecule has 0 saturated carbocycles. The molecule has 2 saturated heterocycles. The Morgan fingerprint density at radius 2 is 1.13 bits per heavy atom. The summed E-state index contributed by atoms with van der Waals surface area (Å²) in [6.07, 6.45) is 3.98. The van der Waals surface area contributed by atoms with Crippen molar-refractivity contribution in [2.45, 2.75) is 95.9 Å². The van der Waals surface area contributed by atoms with Crippen molar-refractivity contribution in [3.8, 4) is 0 Å². The van der Waals surface area contributed by atoms with Crippen molar-refractivity contribution in [1.82, 2.24) is 25.0 Å². The zero-order chi connectivity index (χ0) is 42.3. The van der Waals surface area contributed by atoms with Crippen LogP contribution in [0.4, 0.5) is 4.79 Å². The van der Waals surface area contributed by atoms with E-state index in [1.54, 1.807) is 46.2 Å². The normalized spacial score (nSPS) is 17.4. The topological polar surface area (TPSA) is 147 Å². The maximum atomic E-state index is 14.0. The number of aryl methyl sites for hydroxylation is 1. The number of ether oxygens (including phenoxy) is 1. The number of nitrogens with one attached hydrogen (secondary N) is 2. The van der Waals surface area contributed by atoms with Gasteiger partial charge >= 0.3 is 6.09 Å². The number of hydrogen-bond acceptors (Lipinski definition) is 7. The summed E-state index contributed by atoms with van der Waals surface area (Å²) in [5.74, 6) is -1.05. The van der Waals surface area contributed by atoms with Gasteiger partial charge in [0.05, 0.1) is 19.2 Å². The molecule has 12 heteroatoms. The van der Waals surface area contributed by atoms with E-state index >= 15 is 0 Å². The van der Waals surface area contributed by atoms with Gasteiger partial charge in [-0.2, -0.15) is 0 Å². The van der Waals surface area contributed by atoms with E-state index in [9.17, 15) is 28.8 Å². The first-order valence-corrected chi connectivity index (χ1v) is 21.0. The fourth-order valence-corrected chi connectivity index (χ4v) is 8.91. The second-order valence-corrected chi connectivity index (χ2v) is 15.9. The molecule has 0 unspecified atom stereocenters. The summed E-state index contributed by atoms with van der Waals surface area (Å²) in [6, 6.07) is 27.2. The number of unbranched alkanes of at least 4 members (excludes halogenated alkanes) is 1. The quantitative estimate of drug-likeness (QED) is 0.119. The van der Waals surface area contributed by atoms with Gasteiger partial charge in [-0.05, 0) is 66.5 Å². The first-order chi connectivity index (χ1) is 29.1. The van der Waals surface area contributed by atoms with Crippen molar-refractivity contribution in [3.63, 3.8) is 0 Å². The summed E-state index contributed by atoms with van der Waals surface area (Å²) in [4.78, 5) is 83.5. The highest BCUT2D eigenvalue weighted by Crippen LogP contribution is 2.33. The third-order valence-corrected chi connectivity index (χ3v) is 11.9. The van der Waals surface area contributed by atoms with Crippen LogP contribution in [0.15, 0.2) is 97.1 Å². The molecule has 0 spiro atoms. The fraction of sp³-hybridized carbons (Fsp3) is 0.375. The molecule has 7 rings (SSSR count). The number of rotatable bonds is 15. The van der Waals surface area contributed by atoms with E-state index in [-0.39, 0.29) is 42.1 Å². The Morgan fingerprint density at radius 3 is 1.57 bits per heavy atom. The Kier molecular flexibility index (Phi) is 13.1. The van der Waals surface area contributed by atoms with Crippen LogP contribution in [-0.2, 0) is 48.1 Å². The van der Waals surface area contributed by atoms with E-state index in [0.717, 1.165) is 52.3 Å². The van der Waals surface area contributed by atoms with Crippen LogP contribution in [0.1, 0.15) is 86.7 Å². The Labute approximate surface area is 350 Å². The van der Waals surface area contributed by atoms with Crippen LogP contribution < -0.4 is 10.6 Å². The smallest absolute Gasteiger partial charge is 0.407 e. The molecule has 12 nitrogen and oxygen atoms in total. The van der Waals surface area contributed by atoms with E-state index in [0.29, 0.717) is 49.9 Å². The van der Waals surface area contributed by atoms with Crippen LogP contribution >= 0.6 is 0 Å². The van der Waals surface area contributed by atoms with Gasteiger partial charge in [-0.1, -0.05) is 98.3 Å². The number of methoxy groups -OCH3 is 1. The van der Waals surface area contributed by atoms with Gasteiger partial charge in [-0.3, -0.25) is 24.0 Å². The average Bonchev–Trinajstić information content (AvgIpc) is 4.02. The number of aromatic nitrogens is 1. The van der Waals surface area contributed by atoms with Crippen LogP contribution in [0.2, 0.25) is 0 Å². The first kappa shape index (κ1) is 41.8. The number of carbonyl (C=O) groups excluding carboxylic acids is 6. The number of fused-ring (bicyclic) bond motifs is 3. The number of Topliss-reactive ketones (excluding diaryl/α,β-unsaturated/α-hetero) is 2. The Morgan fingerprint density at radius 1 is 0.667 bits per heavy atom. The van der Waals surface area contributed by atoms with E-state index in [2.05, 4.69) is 46.4 Å². The molecule has 4 aromatic carbocycles. The number of benzene rings is 4. The standard InChI is InChI=1S/C48H53N5O7/c1-4-5-24-51-40-27-32(29-42(55)38-18-12-25-52(38)46(57)44(49-31(2)54)34-14-8-6-9-15-34)20-22-36(40)37-23-21-33(28-41(37)51)30-43(56)39-19-13-26-53(39)47(58)45(50-48(59)60-3)35-16-10-7-11-17-35/h6-11,14-17,20-23,27-28,38-39,44-45H,4-5,12-13,18-19,24-26,29-30H2,1-3H3,(H,49,54)(H,50,59)/t38-,39-,44+,45+/m0/s1. The number of alkyl carbamates (subject to hydrolysis) is 1. The highest BCUT2D eigenvalue weighted by molar-refractivity contribution is 6.09. The van der Waals surface area contributed by atoms with E-state index < -0.39 is 30.3 Å². The van der Waals surface area contributed by atoms with Crippen LogP contribution in [-0.4, -0.2) is 82.0 Å². The van der Waals surface area contributed by atoms with Gasteiger partial charge in [0, 0.05) is 61.2 Å². The van der Waals surface area contributed by atoms with Crippen molar-refractivity contribution in [2.24, 2.45) is 0 Å². The second kappa shape index (κ2) is 18.7. The lowest BCUT2D eigenvalue weighted by Gasteiger charge is -2.28. The van der Waals surface area contributed by atoms with Crippen LogP contribution in [0.25, 0.3) is 21.8 Å². The number of likely N-dealkylation sites (tertiary alicyclic amines) is 2. The predicted molar refractivity (Wildman–Crippen MR) is 229 cm³/mol. The van der Waals surface area contributed by atoms with Gasteiger partial charge in [-0.25, -0.2) is 4.79 Å². The minimum Gasteiger partial charge on any atom is -0.453 e. The Balaban J connectivity index is 1.11. The third-order valence-electron chi connectivity index (χ3n) is 11.9. The molecular formula is C48H53N5O7. The van der Waals surface area contributed by atoms with Crippen LogP contribution in [0.5, 0.6) is 0 Å². The summed E-state index contributed by atoms with van der Waals surface area (Å²) in [5.41, 5.74) is 4.97. The van der Waals surface area contributed by atoms with Crippen molar-refractivity contribution < 1.29 is 33.5 Å². The first-order valence-electron chi connectivity index (χ1n) is 21.0. The van der Waals surface area contributed by atoms with E-state index in [1.165, 1.54) is 14.0 Å². The SMILES string of the molecule is CCCCn1c2cc(CC(=O)[C@@H]3CCCN3C(=O)[C@H](NC(C)=O)c3ccccc3)ccc2c2ccc(CC(=O)[C@@H]3CCCN3C(=O)[C@H](NC(=O)OC)c3ccccc3)cc21. The fourth-order valence-electron chi connectivity index (χ4n) is 8.91. The number of nitrogens with zero attached hydrogens (tertiary/aromatic N) is 3. The van der Waals surface area contributed by atoms with Crippen LogP contribution in [0, 0.1) is 0 Å². The zero-order valence-electron chi connectivity index (χ0n) is 34.5. The Bertz CT molecular complexity index is 2390. The van der Waals surface area contributed by atoms with Gasteiger partial charge < -0.3 is 29.7 Å². The summed E-state index contributed by atoms with van der Waals surface area (Å²) < 4.78 is 7.09. The van der Waals surface area contributed by atoms with Gasteiger partial charge in [0.25, 0.3) is 5.91 Å². The maximum Gasteiger partial charge on any atom is 0.407 e. The van der Waals surface area contributed by atoms with Gasteiger partial charge in [0.15, 0.2) is 11.6 Å². The van der Waals surface area contributed by atoms with E-state index in [1.807, 2.05) is 36.4 Å². The molecule has 2 N–H and O–H groups in total. The Hall–Kier alpha value is -6.30. The summed E-state index contributed by atoms with van der Waals surface area (Å²) in [6.45, 7) is 5.14. The summed E-state index contributed by atoms with van der Waals surface area (Å²) >= 11 is 0. The molecule has 1 aromatic heterocycles. The number of carbonyl (C=O) groups is 6. The van der Waals surface area contributed by atoms with Crippen molar-refractivity contribution in [1.29, 1.82) is 0 Å². The van der Waals surface area contributed by atoms with Crippen molar-refractivity contribution in [3.05, 3.63) is 119 Å². The van der Waals surface area contributed by atoms with Gasteiger partial charge in [0.1, 0.15) is 12.1 Å². The molecule has 4 atom stereocenters. The molecule has 2 aliphatic rings. The minimum atomic E-state index is -0.987. The highest BCUT2D eigenvalue weighted by atomic mass is 16.5. The monoisotopic (exact) mass is 811 g/mol. The molecule has 312 valence electrons. The molecule has 0 bridgehead atoms. The molecule has 60 heavy (non-hydrogen) atoms. The minimum absolute atomic E-state index is 0.0394. The highest BCUT2D eigenvalue weighted by Gasteiger charge is 2.39. The zero-order valence-corrected chi connectivity index (χ0v) is 34.5. The van der Waals surface area contributed by atoms with Crippen molar-refractivity contribution in [2.75, 3.05) is 20.2 Å². The number of amides is 4. The van der Waals surface area contributed by atoms with E-state index in [4.69, 9.17) is 4.74 Å². The molecule has 2 aliphatic heterocycles. The number of hydrogen-bond donors (Lipinski definition) is 2. The molecule has 0 aliphatic carbocycles. The van der Waals surface area contributed by atoms with Gasteiger partial charge in [-0.15, -0.1) is 0 Å². The third kappa shape index (κ3) is 8.97. The molecular weight excluding hydrogens is 759 g/mol.